The molecule has 0 aliphatic rings. The molecule has 0 spiro atoms. The van der Waals surface area contributed by atoms with Crippen LogP contribution in [0.15, 0.2) is 54.6 Å². The molecule has 0 aliphatic heterocycles. The van der Waals surface area contributed by atoms with Crippen LogP contribution in [0.4, 0.5) is 0 Å². The molecule has 0 saturated carbocycles. The molecular weight excluding hydrogens is 262 g/mol. The predicted molar refractivity (Wildman–Crippen MR) is 91.0 cm³/mol. The molecule has 0 aliphatic carbocycles. The van der Waals surface area contributed by atoms with Gasteiger partial charge in [0.1, 0.15) is 0 Å². The molecule has 1 unspecified atom stereocenters. The standard InChI is InChI=1S/C18H23NS/c1-2-3-13-20-14-18(19)17-11-9-16(10-12-17)15-7-5-4-6-8-15/h4-12,18H,2-3,13-14,19H2,1H3. The molecule has 1 atom stereocenters. The molecule has 1 nitrogen and oxygen atoms in total. The minimum Gasteiger partial charge on any atom is -0.323 e. The van der Waals surface area contributed by atoms with E-state index in [1.807, 2.05) is 17.8 Å². The summed E-state index contributed by atoms with van der Waals surface area (Å²) in [4.78, 5) is 0. The topological polar surface area (TPSA) is 26.0 Å². The van der Waals surface area contributed by atoms with Crippen LogP contribution in [-0.2, 0) is 0 Å². The predicted octanol–water partition coefficient (Wildman–Crippen LogP) is 4.89. The number of rotatable bonds is 7. The largest absolute Gasteiger partial charge is 0.323 e. The smallest absolute Gasteiger partial charge is 0.0386 e. The van der Waals surface area contributed by atoms with Gasteiger partial charge in [-0.3, -0.25) is 0 Å². The summed E-state index contributed by atoms with van der Waals surface area (Å²) in [5.74, 6) is 2.22. The SMILES string of the molecule is CCCCSCC(N)c1ccc(-c2ccccc2)cc1. The van der Waals surface area contributed by atoms with Gasteiger partial charge in [0.15, 0.2) is 0 Å². The molecule has 0 fully saturated rings. The highest BCUT2D eigenvalue weighted by Crippen LogP contribution is 2.22. The number of benzene rings is 2. The summed E-state index contributed by atoms with van der Waals surface area (Å²) in [7, 11) is 0. The second kappa shape index (κ2) is 8.13. The van der Waals surface area contributed by atoms with Gasteiger partial charge in [-0.1, -0.05) is 67.9 Å². The zero-order valence-corrected chi connectivity index (χ0v) is 12.9. The van der Waals surface area contributed by atoms with Crippen molar-refractivity contribution in [1.82, 2.24) is 0 Å². The maximum Gasteiger partial charge on any atom is 0.0386 e. The zero-order chi connectivity index (χ0) is 14.2. The third-order valence-corrected chi connectivity index (χ3v) is 4.56. The number of unbranched alkanes of at least 4 members (excludes halogenated alkanes) is 1. The molecule has 0 saturated heterocycles. The fraction of sp³-hybridized carbons (Fsp3) is 0.333. The summed E-state index contributed by atoms with van der Waals surface area (Å²) < 4.78 is 0. The fourth-order valence-electron chi connectivity index (χ4n) is 2.11. The molecule has 2 aromatic rings. The molecule has 2 rings (SSSR count). The number of hydrogen-bond acceptors (Lipinski definition) is 2. The Morgan fingerprint density at radius 3 is 2.25 bits per heavy atom. The lowest BCUT2D eigenvalue weighted by molar-refractivity contribution is 0.827. The highest BCUT2D eigenvalue weighted by atomic mass is 32.2. The van der Waals surface area contributed by atoms with Crippen molar-refractivity contribution in [3.8, 4) is 11.1 Å². The van der Waals surface area contributed by atoms with Crippen LogP contribution in [0.1, 0.15) is 31.4 Å². The van der Waals surface area contributed by atoms with E-state index in [2.05, 4.69) is 55.5 Å². The van der Waals surface area contributed by atoms with E-state index in [-0.39, 0.29) is 6.04 Å². The summed E-state index contributed by atoms with van der Waals surface area (Å²) in [5, 5.41) is 0. The molecule has 2 aromatic carbocycles. The lowest BCUT2D eigenvalue weighted by atomic mass is 10.0. The van der Waals surface area contributed by atoms with E-state index < -0.39 is 0 Å². The zero-order valence-electron chi connectivity index (χ0n) is 12.1. The summed E-state index contributed by atoms with van der Waals surface area (Å²) in [6, 6.07) is 19.2. The van der Waals surface area contributed by atoms with Crippen LogP contribution < -0.4 is 5.73 Å². The summed E-state index contributed by atoms with van der Waals surface area (Å²) >= 11 is 1.96. The van der Waals surface area contributed by atoms with Crippen LogP contribution in [0, 0.1) is 0 Å². The van der Waals surface area contributed by atoms with Crippen molar-refractivity contribution in [2.24, 2.45) is 5.73 Å². The Morgan fingerprint density at radius 2 is 1.60 bits per heavy atom. The van der Waals surface area contributed by atoms with E-state index >= 15 is 0 Å². The minimum atomic E-state index is 0.140. The van der Waals surface area contributed by atoms with Gasteiger partial charge >= 0.3 is 0 Å². The van der Waals surface area contributed by atoms with Crippen molar-refractivity contribution in [1.29, 1.82) is 0 Å². The van der Waals surface area contributed by atoms with E-state index in [9.17, 15) is 0 Å². The van der Waals surface area contributed by atoms with Gasteiger partial charge in [0, 0.05) is 11.8 Å². The third-order valence-electron chi connectivity index (χ3n) is 3.39. The van der Waals surface area contributed by atoms with Gasteiger partial charge in [0.25, 0.3) is 0 Å². The summed E-state index contributed by atoms with van der Waals surface area (Å²) in [6.07, 6.45) is 2.54. The lowest BCUT2D eigenvalue weighted by Gasteiger charge is -2.12. The number of hydrogen-bond donors (Lipinski definition) is 1. The van der Waals surface area contributed by atoms with Crippen molar-refractivity contribution < 1.29 is 0 Å². The first kappa shape index (κ1) is 15.1. The fourth-order valence-corrected chi connectivity index (χ4v) is 3.21. The van der Waals surface area contributed by atoms with E-state index in [0.717, 1.165) is 5.75 Å². The highest BCUT2D eigenvalue weighted by Gasteiger charge is 2.06. The molecule has 2 N–H and O–H groups in total. The normalized spacial score (nSPS) is 12.3. The van der Waals surface area contributed by atoms with Gasteiger partial charge in [0.2, 0.25) is 0 Å². The second-order valence-electron chi connectivity index (χ2n) is 5.02. The average Bonchev–Trinajstić information content (AvgIpc) is 2.52. The Morgan fingerprint density at radius 1 is 0.950 bits per heavy atom. The average molecular weight is 285 g/mol. The second-order valence-corrected chi connectivity index (χ2v) is 6.17. The lowest BCUT2D eigenvalue weighted by Crippen LogP contribution is -2.13. The molecule has 2 heteroatoms. The van der Waals surface area contributed by atoms with E-state index in [0.29, 0.717) is 0 Å². The van der Waals surface area contributed by atoms with Crippen molar-refractivity contribution >= 4 is 11.8 Å². The highest BCUT2D eigenvalue weighted by molar-refractivity contribution is 7.99. The van der Waals surface area contributed by atoms with Crippen LogP contribution in [0.25, 0.3) is 11.1 Å². The maximum absolute atomic E-state index is 6.25. The minimum absolute atomic E-state index is 0.140. The van der Waals surface area contributed by atoms with Crippen LogP contribution >= 0.6 is 11.8 Å². The van der Waals surface area contributed by atoms with Crippen molar-refractivity contribution in [2.45, 2.75) is 25.8 Å². The quantitative estimate of drug-likeness (QED) is 0.733. The molecule has 106 valence electrons. The maximum atomic E-state index is 6.25. The Bertz CT molecular complexity index is 493. The Labute approximate surface area is 126 Å². The molecule has 0 radical (unpaired) electrons. The van der Waals surface area contributed by atoms with Gasteiger partial charge in [-0.25, -0.2) is 0 Å². The first-order valence-electron chi connectivity index (χ1n) is 7.30. The molecule has 0 bridgehead atoms. The van der Waals surface area contributed by atoms with Crippen LogP contribution in [0.3, 0.4) is 0 Å². The molecule has 0 heterocycles. The molecule has 0 amide bonds. The number of nitrogens with two attached hydrogens (primary N) is 1. The van der Waals surface area contributed by atoms with Crippen LogP contribution in [-0.4, -0.2) is 11.5 Å². The summed E-state index contributed by atoms with van der Waals surface area (Å²) in [5.41, 5.74) is 9.98. The first-order valence-corrected chi connectivity index (χ1v) is 8.45. The Balaban J connectivity index is 1.94. The van der Waals surface area contributed by atoms with E-state index in [1.54, 1.807) is 0 Å². The van der Waals surface area contributed by atoms with Crippen LogP contribution in [0.2, 0.25) is 0 Å². The van der Waals surface area contributed by atoms with E-state index in [1.165, 1.54) is 35.3 Å². The first-order chi connectivity index (χ1) is 9.81. The van der Waals surface area contributed by atoms with E-state index in [4.69, 9.17) is 5.73 Å². The van der Waals surface area contributed by atoms with Crippen molar-refractivity contribution in [3.63, 3.8) is 0 Å². The van der Waals surface area contributed by atoms with Gasteiger partial charge in [-0.2, -0.15) is 11.8 Å². The summed E-state index contributed by atoms with van der Waals surface area (Å²) in [6.45, 7) is 2.22. The molecule has 20 heavy (non-hydrogen) atoms. The Hall–Kier alpha value is -1.25. The molecule has 0 aromatic heterocycles. The van der Waals surface area contributed by atoms with Crippen molar-refractivity contribution in [2.75, 3.05) is 11.5 Å². The molecular formula is C18H23NS. The van der Waals surface area contributed by atoms with Gasteiger partial charge in [0.05, 0.1) is 0 Å². The number of thioether (sulfide) groups is 1. The van der Waals surface area contributed by atoms with Gasteiger partial charge in [-0.15, -0.1) is 0 Å². The van der Waals surface area contributed by atoms with Gasteiger partial charge < -0.3 is 5.73 Å². The van der Waals surface area contributed by atoms with Crippen LogP contribution in [0.5, 0.6) is 0 Å². The Kier molecular flexibility index (Phi) is 6.16. The van der Waals surface area contributed by atoms with Crippen molar-refractivity contribution in [3.05, 3.63) is 60.2 Å². The monoisotopic (exact) mass is 285 g/mol. The third kappa shape index (κ3) is 4.39. The van der Waals surface area contributed by atoms with Gasteiger partial charge in [-0.05, 0) is 28.9 Å².